The molecule has 1 atom stereocenters. The Morgan fingerprint density at radius 1 is 1.33 bits per heavy atom. The Morgan fingerprint density at radius 2 is 2.24 bits per heavy atom. The van der Waals surface area contributed by atoms with Crippen LogP contribution >= 0.6 is 0 Å². The summed E-state index contributed by atoms with van der Waals surface area (Å²) >= 11 is 0. The van der Waals surface area contributed by atoms with E-state index in [1.807, 2.05) is 32.6 Å². The van der Waals surface area contributed by atoms with Crippen molar-refractivity contribution in [1.82, 2.24) is 24.2 Å². The van der Waals surface area contributed by atoms with Crippen LogP contribution in [0.15, 0.2) is 24.7 Å². The topological polar surface area (TPSA) is 48.1 Å². The highest BCUT2D eigenvalue weighted by molar-refractivity contribution is 5.03. The quantitative estimate of drug-likeness (QED) is 0.832. The van der Waals surface area contributed by atoms with Gasteiger partial charge in [-0.15, -0.1) is 0 Å². The van der Waals surface area contributed by atoms with E-state index in [1.165, 1.54) is 5.69 Å². The van der Waals surface area contributed by atoms with Crippen molar-refractivity contribution in [2.45, 2.75) is 26.6 Å². The van der Waals surface area contributed by atoms with Crippen LogP contribution in [0.5, 0.6) is 0 Å². The zero-order valence-electron chi connectivity index (χ0n) is 12.8. The Kier molecular flexibility index (Phi) is 4.36. The predicted octanol–water partition coefficient (Wildman–Crippen LogP) is 1.29. The molecule has 6 nitrogen and oxygen atoms in total. The summed E-state index contributed by atoms with van der Waals surface area (Å²) in [7, 11) is 2.04. The van der Waals surface area contributed by atoms with Gasteiger partial charge in [0.25, 0.3) is 0 Å². The fourth-order valence-electron chi connectivity index (χ4n) is 2.88. The monoisotopic (exact) mass is 289 g/mol. The number of aromatic nitrogens is 4. The van der Waals surface area contributed by atoms with E-state index in [9.17, 15) is 0 Å². The number of aryl methyl sites for hydroxylation is 1. The van der Waals surface area contributed by atoms with E-state index >= 15 is 0 Å². The fraction of sp³-hybridized carbons (Fsp3) is 0.600. The molecule has 3 heterocycles. The Morgan fingerprint density at radius 3 is 3.00 bits per heavy atom. The Bertz CT molecular complexity index is 576. The molecule has 0 N–H and O–H groups in total. The maximum atomic E-state index is 5.64. The average Bonchev–Trinajstić information content (AvgIpc) is 3.03. The summed E-state index contributed by atoms with van der Waals surface area (Å²) in [4.78, 5) is 6.88. The van der Waals surface area contributed by atoms with Crippen molar-refractivity contribution in [3.05, 3.63) is 36.2 Å². The van der Waals surface area contributed by atoms with E-state index in [4.69, 9.17) is 4.74 Å². The highest BCUT2D eigenvalue weighted by Crippen LogP contribution is 2.18. The second kappa shape index (κ2) is 6.41. The molecule has 0 radical (unpaired) electrons. The molecule has 2 aromatic heterocycles. The minimum atomic E-state index is 0.464. The Labute approximate surface area is 125 Å². The summed E-state index contributed by atoms with van der Waals surface area (Å²) in [6, 6.07) is 2.11. The van der Waals surface area contributed by atoms with Gasteiger partial charge in [-0.05, 0) is 13.0 Å². The molecule has 2 aromatic rings. The third-order valence-electron chi connectivity index (χ3n) is 3.98. The van der Waals surface area contributed by atoms with E-state index in [0.717, 1.165) is 45.2 Å². The number of imidazole rings is 1. The summed E-state index contributed by atoms with van der Waals surface area (Å²) in [5, 5.41) is 4.44. The lowest BCUT2D eigenvalue weighted by Crippen LogP contribution is -2.30. The van der Waals surface area contributed by atoms with Crippen LogP contribution in [0.4, 0.5) is 0 Å². The van der Waals surface area contributed by atoms with Gasteiger partial charge in [-0.3, -0.25) is 9.58 Å². The van der Waals surface area contributed by atoms with E-state index in [0.29, 0.717) is 5.92 Å². The summed E-state index contributed by atoms with van der Waals surface area (Å²) in [5.74, 6) is 1.56. The molecule has 0 spiro atoms. The first-order chi connectivity index (χ1) is 10.3. The molecule has 3 rings (SSSR count). The third-order valence-corrected chi connectivity index (χ3v) is 3.98. The molecular weight excluding hydrogens is 266 g/mol. The van der Waals surface area contributed by atoms with Gasteiger partial charge in [-0.1, -0.05) is 0 Å². The average molecular weight is 289 g/mol. The van der Waals surface area contributed by atoms with E-state index in [2.05, 4.69) is 30.3 Å². The normalized spacial score (nSPS) is 19.4. The summed E-state index contributed by atoms with van der Waals surface area (Å²) in [5.41, 5.74) is 1.27. The number of hydrogen-bond acceptors (Lipinski definition) is 4. The van der Waals surface area contributed by atoms with Crippen molar-refractivity contribution in [1.29, 1.82) is 0 Å². The number of nitrogens with zero attached hydrogens (tertiary/aromatic N) is 5. The van der Waals surface area contributed by atoms with Crippen LogP contribution in [0.2, 0.25) is 0 Å². The Hall–Kier alpha value is -1.66. The zero-order valence-corrected chi connectivity index (χ0v) is 12.8. The van der Waals surface area contributed by atoms with Gasteiger partial charge in [0.15, 0.2) is 0 Å². The van der Waals surface area contributed by atoms with Crippen LogP contribution in [0.25, 0.3) is 0 Å². The number of ether oxygens (including phenoxy) is 1. The molecule has 0 saturated carbocycles. The lowest BCUT2D eigenvalue weighted by Gasteiger charge is -2.23. The van der Waals surface area contributed by atoms with Crippen molar-refractivity contribution < 1.29 is 4.74 Å². The molecule has 1 aliphatic rings. The van der Waals surface area contributed by atoms with Gasteiger partial charge in [0.1, 0.15) is 5.82 Å². The number of fused-ring (bicyclic) bond motifs is 1. The zero-order chi connectivity index (χ0) is 14.7. The molecule has 0 aromatic carbocycles. The van der Waals surface area contributed by atoms with Crippen molar-refractivity contribution in [3.63, 3.8) is 0 Å². The summed E-state index contributed by atoms with van der Waals surface area (Å²) in [6.07, 6.45) is 5.74. The van der Waals surface area contributed by atoms with Crippen molar-refractivity contribution in [2.75, 3.05) is 19.8 Å². The molecule has 0 saturated heterocycles. The van der Waals surface area contributed by atoms with Gasteiger partial charge in [0.2, 0.25) is 0 Å². The lowest BCUT2D eigenvalue weighted by atomic mass is 10.1. The molecule has 0 unspecified atom stereocenters. The van der Waals surface area contributed by atoms with Gasteiger partial charge in [-0.2, -0.15) is 5.10 Å². The van der Waals surface area contributed by atoms with E-state index in [-0.39, 0.29) is 0 Å². The van der Waals surface area contributed by atoms with Crippen LogP contribution in [-0.2, 0) is 31.4 Å². The number of rotatable bonds is 5. The van der Waals surface area contributed by atoms with Gasteiger partial charge < -0.3 is 9.30 Å². The molecule has 114 valence electrons. The smallest absolute Gasteiger partial charge is 0.122 e. The van der Waals surface area contributed by atoms with Crippen LogP contribution in [0, 0.1) is 5.92 Å². The summed E-state index contributed by atoms with van der Waals surface area (Å²) in [6.45, 7) is 7.30. The fourth-order valence-corrected chi connectivity index (χ4v) is 2.88. The van der Waals surface area contributed by atoms with Gasteiger partial charge in [0, 0.05) is 57.8 Å². The molecule has 1 aliphatic heterocycles. The molecule has 0 amide bonds. The third kappa shape index (κ3) is 3.33. The largest absolute Gasteiger partial charge is 0.381 e. The van der Waals surface area contributed by atoms with Gasteiger partial charge in [0.05, 0.1) is 18.8 Å². The van der Waals surface area contributed by atoms with Crippen LogP contribution in [-0.4, -0.2) is 44.0 Å². The molecular formula is C15H23N5O. The van der Waals surface area contributed by atoms with Crippen molar-refractivity contribution >= 4 is 0 Å². The number of hydrogen-bond donors (Lipinski definition) is 0. The lowest BCUT2D eigenvalue weighted by molar-refractivity contribution is 0.0834. The second-order valence-corrected chi connectivity index (χ2v) is 5.65. The highest BCUT2D eigenvalue weighted by atomic mass is 16.5. The SMILES string of the molecule is CCOC[C@H]1CN(Cc2nccn2C)Cc2ccnn2C1. The van der Waals surface area contributed by atoms with Crippen molar-refractivity contribution in [2.24, 2.45) is 13.0 Å². The summed E-state index contributed by atoms with van der Waals surface area (Å²) < 4.78 is 9.84. The van der Waals surface area contributed by atoms with E-state index in [1.54, 1.807) is 0 Å². The maximum absolute atomic E-state index is 5.64. The minimum Gasteiger partial charge on any atom is -0.381 e. The molecule has 0 bridgehead atoms. The minimum absolute atomic E-state index is 0.464. The van der Waals surface area contributed by atoms with E-state index < -0.39 is 0 Å². The molecule has 0 fully saturated rings. The van der Waals surface area contributed by atoms with Crippen molar-refractivity contribution in [3.8, 4) is 0 Å². The van der Waals surface area contributed by atoms with Crippen LogP contribution < -0.4 is 0 Å². The van der Waals surface area contributed by atoms with Crippen LogP contribution in [0.3, 0.4) is 0 Å². The maximum Gasteiger partial charge on any atom is 0.122 e. The highest BCUT2D eigenvalue weighted by Gasteiger charge is 2.23. The Balaban J connectivity index is 1.75. The first kappa shape index (κ1) is 14.3. The molecule has 6 heteroatoms. The predicted molar refractivity (Wildman–Crippen MR) is 79.5 cm³/mol. The van der Waals surface area contributed by atoms with Gasteiger partial charge in [-0.25, -0.2) is 4.98 Å². The van der Waals surface area contributed by atoms with Crippen LogP contribution in [0.1, 0.15) is 18.4 Å². The van der Waals surface area contributed by atoms with Gasteiger partial charge >= 0.3 is 0 Å². The first-order valence-corrected chi connectivity index (χ1v) is 7.53. The standard InChI is InChI=1S/C15H23N5O/c1-3-21-12-13-8-19(11-15-16-6-7-18(15)2)10-14-4-5-17-20(14)9-13/h4-7,13H,3,8-12H2,1-2H3/t13-/m0/s1. The molecule has 21 heavy (non-hydrogen) atoms. The first-order valence-electron chi connectivity index (χ1n) is 7.53. The second-order valence-electron chi connectivity index (χ2n) is 5.65. The molecule has 0 aliphatic carbocycles.